The van der Waals surface area contributed by atoms with E-state index in [1.165, 1.54) is 10.5 Å². The average Bonchev–Trinajstić information content (AvgIpc) is 2.67. The minimum atomic E-state index is -4.54. The van der Waals surface area contributed by atoms with Gasteiger partial charge in [-0.15, -0.1) is 0 Å². The third-order valence-electron chi connectivity index (χ3n) is 4.80. The molecular formula is C19H20F3N3O3S. The summed E-state index contributed by atoms with van der Waals surface area (Å²) in [5, 5.41) is 0. The molecule has 3 rings (SSSR count). The zero-order valence-corrected chi connectivity index (χ0v) is 16.7. The minimum absolute atomic E-state index is 0.0511. The third kappa shape index (κ3) is 4.43. The number of benzene rings is 1. The number of alkyl halides is 3. The fourth-order valence-corrected chi connectivity index (χ4v) is 4.82. The Morgan fingerprint density at radius 2 is 1.76 bits per heavy atom. The molecule has 1 fully saturated rings. The molecule has 1 amide bonds. The Morgan fingerprint density at radius 3 is 2.28 bits per heavy atom. The Balaban J connectivity index is 1.74. The van der Waals surface area contributed by atoms with Gasteiger partial charge in [0.1, 0.15) is 0 Å². The van der Waals surface area contributed by atoms with Gasteiger partial charge >= 0.3 is 6.18 Å². The van der Waals surface area contributed by atoms with E-state index >= 15 is 0 Å². The zero-order chi connectivity index (χ0) is 21.4. The molecule has 1 atom stereocenters. The van der Waals surface area contributed by atoms with Crippen LogP contribution in [0, 0.1) is 6.92 Å². The predicted molar refractivity (Wildman–Crippen MR) is 99.7 cm³/mol. The van der Waals surface area contributed by atoms with Crippen molar-refractivity contribution in [2.45, 2.75) is 31.0 Å². The second kappa shape index (κ2) is 7.75. The van der Waals surface area contributed by atoms with Gasteiger partial charge in [-0.2, -0.15) is 17.5 Å². The lowest BCUT2D eigenvalue weighted by atomic mass is 10.2. The van der Waals surface area contributed by atoms with Crippen LogP contribution in [0.1, 0.15) is 28.5 Å². The van der Waals surface area contributed by atoms with E-state index in [4.69, 9.17) is 0 Å². The number of aryl methyl sites for hydroxylation is 1. The van der Waals surface area contributed by atoms with Crippen LogP contribution in [0.5, 0.6) is 0 Å². The second-order valence-corrected chi connectivity index (χ2v) is 8.82. The van der Waals surface area contributed by atoms with Crippen LogP contribution in [0.3, 0.4) is 0 Å². The third-order valence-corrected chi connectivity index (χ3v) is 6.83. The topological polar surface area (TPSA) is 70.6 Å². The maximum absolute atomic E-state index is 12.9. The molecule has 0 saturated carbocycles. The van der Waals surface area contributed by atoms with E-state index in [2.05, 4.69) is 4.98 Å². The molecule has 0 radical (unpaired) electrons. The average molecular weight is 427 g/mol. The lowest BCUT2D eigenvalue weighted by Crippen LogP contribution is -2.55. The summed E-state index contributed by atoms with van der Waals surface area (Å²) >= 11 is 0. The molecule has 0 aliphatic carbocycles. The van der Waals surface area contributed by atoms with Gasteiger partial charge in [-0.3, -0.25) is 9.78 Å². The van der Waals surface area contributed by atoms with Crippen LogP contribution in [0.4, 0.5) is 13.2 Å². The van der Waals surface area contributed by atoms with Crippen molar-refractivity contribution in [1.82, 2.24) is 14.2 Å². The van der Waals surface area contributed by atoms with Crippen molar-refractivity contribution < 1.29 is 26.4 Å². The van der Waals surface area contributed by atoms with E-state index in [0.29, 0.717) is 5.56 Å². The molecule has 1 saturated heterocycles. The van der Waals surface area contributed by atoms with E-state index in [1.54, 1.807) is 30.9 Å². The van der Waals surface area contributed by atoms with E-state index in [-0.39, 0.29) is 30.4 Å². The fourth-order valence-electron chi connectivity index (χ4n) is 3.21. The number of pyridine rings is 1. The van der Waals surface area contributed by atoms with Crippen molar-refractivity contribution in [3.63, 3.8) is 0 Å². The highest BCUT2D eigenvalue weighted by Gasteiger charge is 2.36. The van der Waals surface area contributed by atoms with Gasteiger partial charge in [0, 0.05) is 37.6 Å². The quantitative estimate of drug-likeness (QED) is 0.755. The maximum atomic E-state index is 12.9. The summed E-state index contributed by atoms with van der Waals surface area (Å²) in [7, 11) is -3.98. The molecule has 1 aliphatic heterocycles. The molecular weight excluding hydrogens is 407 g/mol. The number of hydrogen-bond acceptors (Lipinski definition) is 4. The number of rotatable bonds is 3. The number of piperazine rings is 1. The van der Waals surface area contributed by atoms with E-state index in [0.717, 1.165) is 30.0 Å². The summed E-state index contributed by atoms with van der Waals surface area (Å²) in [6.07, 6.45) is -3.06. The van der Waals surface area contributed by atoms with Gasteiger partial charge in [0.15, 0.2) is 0 Å². The monoisotopic (exact) mass is 427 g/mol. The van der Waals surface area contributed by atoms with Crippen LogP contribution < -0.4 is 0 Å². The molecule has 10 heteroatoms. The number of halogens is 3. The summed E-state index contributed by atoms with van der Waals surface area (Å²) in [5.41, 5.74) is 0.288. The Hall–Kier alpha value is -2.46. The number of hydrogen-bond donors (Lipinski definition) is 0. The number of carbonyl (C=O) groups is 1. The molecule has 0 spiro atoms. The number of nitrogens with zero attached hydrogens (tertiary/aromatic N) is 3. The van der Waals surface area contributed by atoms with Crippen LogP contribution in [0.2, 0.25) is 0 Å². The summed E-state index contributed by atoms with van der Waals surface area (Å²) < 4.78 is 65.1. The zero-order valence-electron chi connectivity index (χ0n) is 15.8. The Bertz CT molecular complexity index is 990. The Labute approximate surface area is 167 Å². The minimum Gasteiger partial charge on any atom is -0.336 e. The van der Waals surface area contributed by atoms with Crippen LogP contribution in [0.25, 0.3) is 0 Å². The molecule has 0 N–H and O–H groups in total. The number of sulfonamides is 1. The van der Waals surface area contributed by atoms with Gasteiger partial charge in [-0.25, -0.2) is 8.42 Å². The maximum Gasteiger partial charge on any atom is 0.416 e. The Kier molecular flexibility index (Phi) is 5.68. The molecule has 0 unspecified atom stereocenters. The van der Waals surface area contributed by atoms with Gasteiger partial charge in [-0.05, 0) is 50.2 Å². The first-order chi connectivity index (χ1) is 13.5. The Morgan fingerprint density at radius 1 is 1.10 bits per heavy atom. The SMILES string of the molecule is Cc1ccc(C(=O)N2CCN(S(=O)(=O)c3ccc(C(F)(F)F)cc3)[C@H](C)C2)cn1. The number of carbonyl (C=O) groups excluding carboxylic acids is 1. The molecule has 0 bridgehead atoms. The van der Waals surface area contributed by atoms with E-state index in [9.17, 15) is 26.4 Å². The van der Waals surface area contributed by atoms with Crippen molar-refractivity contribution in [2.24, 2.45) is 0 Å². The van der Waals surface area contributed by atoms with Gasteiger partial charge in [0.05, 0.1) is 16.0 Å². The highest BCUT2D eigenvalue weighted by Crippen LogP contribution is 2.30. The summed E-state index contributed by atoms with van der Waals surface area (Å²) in [5.74, 6) is -0.240. The van der Waals surface area contributed by atoms with Gasteiger partial charge < -0.3 is 4.90 Å². The number of amides is 1. The fraction of sp³-hybridized carbons (Fsp3) is 0.368. The summed E-state index contributed by atoms with van der Waals surface area (Å²) in [6, 6.07) is 6.28. The first-order valence-electron chi connectivity index (χ1n) is 8.91. The van der Waals surface area contributed by atoms with Crippen LogP contribution in [-0.2, 0) is 16.2 Å². The summed E-state index contributed by atoms with van der Waals surface area (Å²) in [4.78, 5) is 18.1. The van der Waals surface area contributed by atoms with Crippen LogP contribution in [0.15, 0.2) is 47.5 Å². The largest absolute Gasteiger partial charge is 0.416 e. The van der Waals surface area contributed by atoms with Crippen molar-refractivity contribution in [1.29, 1.82) is 0 Å². The highest BCUT2D eigenvalue weighted by atomic mass is 32.2. The molecule has 1 aromatic heterocycles. The predicted octanol–water partition coefficient (Wildman–Crippen LogP) is 2.94. The smallest absolute Gasteiger partial charge is 0.336 e. The van der Waals surface area contributed by atoms with E-state index in [1.807, 2.05) is 0 Å². The first kappa shape index (κ1) is 21.3. The molecule has 2 aromatic rings. The van der Waals surface area contributed by atoms with Crippen molar-refractivity contribution >= 4 is 15.9 Å². The molecule has 2 heterocycles. The second-order valence-electron chi connectivity index (χ2n) is 6.93. The van der Waals surface area contributed by atoms with Crippen molar-refractivity contribution in [2.75, 3.05) is 19.6 Å². The molecule has 1 aliphatic rings. The first-order valence-corrected chi connectivity index (χ1v) is 10.3. The number of aromatic nitrogens is 1. The normalized spacial score (nSPS) is 18.7. The highest BCUT2D eigenvalue weighted by molar-refractivity contribution is 7.89. The lowest BCUT2D eigenvalue weighted by Gasteiger charge is -2.39. The molecule has 156 valence electrons. The summed E-state index contributed by atoms with van der Waals surface area (Å²) in [6.45, 7) is 3.87. The van der Waals surface area contributed by atoms with E-state index < -0.39 is 27.8 Å². The van der Waals surface area contributed by atoms with Crippen LogP contribution >= 0.6 is 0 Å². The van der Waals surface area contributed by atoms with Crippen molar-refractivity contribution in [3.8, 4) is 0 Å². The van der Waals surface area contributed by atoms with Gasteiger partial charge in [0.25, 0.3) is 5.91 Å². The lowest BCUT2D eigenvalue weighted by molar-refractivity contribution is -0.137. The molecule has 1 aromatic carbocycles. The van der Waals surface area contributed by atoms with Gasteiger partial charge in [0.2, 0.25) is 10.0 Å². The van der Waals surface area contributed by atoms with Gasteiger partial charge in [-0.1, -0.05) is 0 Å². The molecule has 6 nitrogen and oxygen atoms in total. The van der Waals surface area contributed by atoms with Crippen molar-refractivity contribution in [3.05, 3.63) is 59.4 Å². The molecule has 29 heavy (non-hydrogen) atoms. The van der Waals surface area contributed by atoms with Crippen LogP contribution in [-0.4, -0.2) is 54.2 Å². The standard InChI is InChI=1S/C19H20F3N3O3S/c1-13-3-4-15(11-23-13)18(26)24-9-10-25(14(2)12-24)29(27,28)17-7-5-16(6-8-17)19(20,21)22/h3-8,11,14H,9-10,12H2,1-2H3/t14-/m1/s1.